The molecule has 0 saturated carbocycles. The fourth-order valence-corrected chi connectivity index (χ4v) is 2.50. The molecule has 0 atom stereocenters. The molecule has 0 saturated heterocycles. The summed E-state index contributed by atoms with van der Waals surface area (Å²) >= 11 is 0. The number of aromatic nitrogens is 2. The lowest BCUT2D eigenvalue weighted by Crippen LogP contribution is -2.13. The summed E-state index contributed by atoms with van der Waals surface area (Å²) < 4.78 is 5.17. The Morgan fingerprint density at radius 1 is 1.38 bits per heavy atom. The van der Waals surface area contributed by atoms with Crippen molar-refractivity contribution < 1.29 is 9.84 Å². The quantitative estimate of drug-likeness (QED) is 0.361. The Morgan fingerprint density at radius 2 is 2.19 bits per heavy atom. The highest BCUT2D eigenvalue weighted by molar-refractivity contribution is 5.82. The van der Waals surface area contributed by atoms with E-state index >= 15 is 0 Å². The zero-order valence-electron chi connectivity index (χ0n) is 14.2. The molecule has 7 heteroatoms. The highest BCUT2D eigenvalue weighted by Crippen LogP contribution is 2.31. The number of hydrogen-bond donors (Lipinski definition) is 3. The van der Waals surface area contributed by atoms with E-state index in [1.54, 1.807) is 30.3 Å². The van der Waals surface area contributed by atoms with Crippen molar-refractivity contribution >= 4 is 23.1 Å². The number of hydrazone groups is 1. The summed E-state index contributed by atoms with van der Waals surface area (Å²) in [6.07, 6.45) is 3.69. The maximum Gasteiger partial charge on any atom is 0.293 e. The van der Waals surface area contributed by atoms with E-state index in [-0.39, 0.29) is 17.1 Å². The van der Waals surface area contributed by atoms with Crippen LogP contribution in [-0.2, 0) is 6.42 Å². The molecule has 0 aliphatic carbocycles. The van der Waals surface area contributed by atoms with Gasteiger partial charge in [0, 0.05) is 5.56 Å². The monoisotopic (exact) mass is 350 g/mol. The van der Waals surface area contributed by atoms with E-state index in [9.17, 15) is 9.90 Å². The summed E-state index contributed by atoms with van der Waals surface area (Å²) in [7, 11) is 1.48. The van der Waals surface area contributed by atoms with E-state index < -0.39 is 0 Å². The Hall–Kier alpha value is -3.61. The zero-order chi connectivity index (χ0) is 18.5. The Labute approximate surface area is 149 Å². The molecule has 0 bridgehead atoms. The summed E-state index contributed by atoms with van der Waals surface area (Å²) in [5.74, 6) is 0.509. The predicted molar refractivity (Wildman–Crippen MR) is 102 cm³/mol. The van der Waals surface area contributed by atoms with Crippen molar-refractivity contribution in [2.45, 2.75) is 6.42 Å². The second-order valence-electron chi connectivity index (χ2n) is 5.53. The third-order valence-electron chi connectivity index (χ3n) is 3.74. The Bertz CT molecular complexity index is 1040. The maximum absolute atomic E-state index is 12.0. The summed E-state index contributed by atoms with van der Waals surface area (Å²) in [6, 6.07) is 10.6. The standard InChI is InChI=1S/C19H18N4O3/c1-3-6-13-9-12(10-16(26-2)17(13)24)11-20-23-18-19(25)22-15-8-5-4-7-14(15)21-18/h3-5,7-11,24H,1,6H2,2H3,(H,21,23)(H,22,25). The van der Waals surface area contributed by atoms with Crippen molar-refractivity contribution in [2.75, 3.05) is 12.5 Å². The van der Waals surface area contributed by atoms with Gasteiger partial charge in [-0.2, -0.15) is 5.10 Å². The number of nitrogens with one attached hydrogen (secondary N) is 2. The molecular formula is C19H18N4O3. The minimum Gasteiger partial charge on any atom is -0.504 e. The first kappa shape index (κ1) is 17.2. The average molecular weight is 350 g/mol. The molecule has 1 aromatic heterocycles. The van der Waals surface area contributed by atoms with Gasteiger partial charge in [-0.05, 0) is 36.2 Å². The molecule has 0 spiro atoms. The van der Waals surface area contributed by atoms with E-state index in [0.29, 0.717) is 34.3 Å². The van der Waals surface area contributed by atoms with Crippen molar-refractivity contribution in [3.05, 3.63) is 70.5 Å². The molecule has 0 fully saturated rings. The largest absolute Gasteiger partial charge is 0.504 e. The van der Waals surface area contributed by atoms with E-state index in [2.05, 4.69) is 27.1 Å². The fraction of sp³-hybridized carbons (Fsp3) is 0.105. The summed E-state index contributed by atoms with van der Waals surface area (Å²) in [5, 5.41) is 14.2. The molecule has 3 aromatic rings. The minimum absolute atomic E-state index is 0.0742. The van der Waals surface area contributed by atoms with Gasteiger partial charge in [0.15, 0.2) is 11.5 Å². The predicted octanol–water partition coefficient (Wildman–Crippen LogP) is 2.81. The average Bonchev–Trinajstić information content (AvgIpc) is 2.64. The number of aromatic amines is 1. The van der Waals surface area contributed by atoms with Crippen LogP contribution < -0.4 is 15.7 Å². The van der Waals surface area contributed by atoms with Crippen molar-refractivity contribution in [3.8, 4) is 11.5 Å². The highest BCUT2D eigenvalue weighted by atomic mass is 16.5. The van der Waals surface area contributed by atoms with E-state index in [1.165, 1.54) is 13.3 Å². The third-order valence-corrected chi connectivity index (χ3v) is 3.74. The normalized spacial score (nSPS) is 11.0. The number of ether oxygens (including phenoxy) is 1. The molecule has 0 amide bonds. The molecule has 0 unspecified atom stereocenters. The van der Waals surface area contributed by atoms with Crippen LogP contribution in [0.25, 0.3) is 11.0 Å². The van der Waals surface area contributed by atoms with E-state index in [0.717, 1.165) is 0 Å². The second kappa shape index (κ2) is 7.52. The number of H-pyrrole nitrogens is 1. The molecule has 0 aliphatic heterocycles. The third kappa shape index (κ3) is 3.56. The molecule has 132 valence electrons. The van der Waals surface area contributed by atoms with Crippen LogP contribution in [-0.4, -0.2) is 28.4 Å². The molecule has 2 aromatic carbocycles. The van der Waals surface area contributed by atoms with Gasteiger partial charge in [0.2, 0.25) is 5.82 Å². The van der Waals surface area contributed by atoms with E-state index in [1.807, 2.05) is 12.1 Å². The first-order valence-electron chi connectivity index (χ1n) is 7.91. The van der Waals surface area contributed by atoms with E-state index in [4.69, 9.17) is 4.74 Å². The number of allylic oxidation sites excluding steroid dienone is 1. The Kier molecular flexibility index (Phi) is 4.98. The van der Waals surface area contributed by atoms with Gasteiger partial charge < -0.3 is 14.8 Å². The molecule has 3 rings (SSSR count). The fourth-order valence-electron chi connectivity index (χ4n) is 2.50. The SMILES string of the molecule is C=CCc1cc(C=NNc2nc3ccccc3[nH]c2=O)cc(OC)c1O. The van der Waals surface area contributed by atoms with Crippen LogP contribution in [0.2, 0.25) is 0 Å². The van der Waals surface area contributed by atoms with Gasteiger partial charge >= 0.3 is 0 Å². The van der Waals surface area contributed by atoms with Crippen LogP contribution in [0.3, 0.4) is 0 Å². The van der Waals surface area contributed by atoms with Crippen LogP contribution in [0.5, 0.6) is 11.5 Å². The van der Waals surface area contributed by atoms with Crippen molar-refractivity contribution in [2.24, 2.45) is 5.10 Å². The van der Waals surface area contributed by atoms with Gasteiger partial charge in [-0.15, -0.1) is 6.58 Å². The van der Waals surface area contributed by atoms with Gasteiger partial charge in [-0.1, -0.05) is 18.2 Å². The number of anilines is 1. The topological polar surface area (TPSA) is 99.6 Å². The number of phenolic OH excluding ortho intramolecular Hbond substituents is 1. The molecule has 3 N–H and O–H groups in total. The van der Waals surface area contributed by atoms with Crippen LogP contribution in [0, 0.1) is 0 Å². The van der Waals surface area contributed by atoms with Gasteiger partial charge in [-0.25, -0.2) is 4.98 Å². The van der Waals surface area contributed by atoms with Gasteiger partial charge in [0.1, 0.15) is 0 Å². The van der Waals surface area contributed by atoms with Gasteiger partial charge in [0.05, 0.1) is 24.4 Å². The lowest BCUT2D eigenvalue weighted by molar-refractivity contribution is 0.371. The molecular weight excluding hydrogens is 332 g/mol. The van der Waals surface area contributed by atoms with Gasteiger partial charge in [0.25, 0.3) is 5.56 Å². The first-order valence-corrected chi connectivity index (χ1v) is 7.91. The molecule has 7 nitrogen and oxygen atoms in total. The molecule has 1 heterocycles. The Morgan fingerprint density at radius 3 is 2.96 bits per heavy atom. The summed E-state index contributed by atoms with van der Waals surface area (Å²) in [6.45, 7) is 3.67. The number of aromatic hydroxyl groups is 1. The molecule has 0 aliphatic rings. The smallest absolute Gasteiger partial charge is 0.293 e. The number of methoxy groups -OCH3 is 1. The Balaban J connectivity index is 1.87. The van der Waals surface area contributed by atoms with Crippen LogP contribution in [0.1, 0.15) is 11.1 Å². The van der Waals surface area contributed by atoms with Gasteiger partial charge in [-0.3, -0.25) is 10.2 Å². The summed E-state index contributed by atoms with van der Waals surface area (Å²) in [4.78, 5) is 19.0. The van der Waals surface area contributed by atoms with Crippen molar-refractivity contribution in [1.29, 1.82) is 0 Å². The number of nitrogens with zero attached hydrogens (tertiary/aromatic N) is 2. The second-order valence-corrected chi connectivity index (χ2v) is 5.53. The number of phenols is 1. The first-order chi connectivity index (χ1) is 12.6. The lowest BCUT2D eigenvalue weighted by Gasteiger charge is -2.09. The lowest BCUT2D eigenvalue weighted by atomic mass is 10.1. The minimum atomic E-state index is -0.364. The molecule has 0 radical (unpaired) electrons. The maximum atomic E-state index is 12.0. The highest BCUT2D eigenvalue weighted by Gasteiger charge is 2.09. The van der Waals surface area contributed by atoms with Crippen LogP contribution >= 0.6 is 0 Å². The number of para-hydroxylation sites is 2. The number of benzene rings is 2. The number of hydrogen-bond acceptors (Lipinski definition) is 6. The summed E-state index contributed by atoms with van der Waals surface area (Å²) in [5.41, 5.74) is 4.96. The zero-order valence-corrected chi connectivity index (χ0v) is 14.2. The van der Waals surface area contributed by atoms with Crippen LogP contribution in [0.15, 0.2) is 58.9 Å². The number of rotatable bonds is 6. The van der Waals surface area contributed by atoms with Crippen LogP contribution in [0.4, 0.5) is 5.82 Å². The number of fused-ring (bicyclic) bond motifs is 1. The van der Waals surface area contributed by atoms with Crippen molar-refractivity contribution in [1.82, 2.24) is 9.97 Å². The van der Waals surface area contributed by atoms with Crippen molar-refractivity contribution in [3.63, 3.8) is 0 Å². The molecule has 26 heavy (non-hydrogen) atoms.